The van der Waals surface area contributed by atoms with Crippen molar-refractivity contribution >= 4 is 6.09 Å². The van der Waals surface area contributed by atoms with Crippen LogP contribution in [-0.2, 0) is 4.84 Å². The minimum atomic E-state index is -1.16. The molecule has 4 nitrogen and oxygen atoms in total. The molecular weight excluding hydrogens is 122 g/mol. The molecule has 0 saturated heterocycles. The van der Waals surface area contributed by atoms with Gasteiger partial charge in [-0.15, -0.1) is 6.42 Å². The highest BCUT2D eigenvalue weighted by atomic mass is 16.7. The lowest BCUT2D eigenvalue weighted by atomic mass is 10.8. The largest absolute Gasteiger partial charge is 0.463 e. The van der Waals surface area contributed by atoms with Gasteiger partial charge in [-0.25, -0.2) is 4.79 Å². The second-order valence-corrected chi connectivity index (χ2v) is 1.26. The average molecular weight is 129 g/mol. The van der Waals surface area contributed by atoms with Gasteiger partial charge in [0.15, 0.2) is 0 Å². The van der Waals surface area contributed by atoms with Gasteiger partial charge < -0.3 is 5.11 Å². The SMILES string of the molecule is C#CCON(C)C(=O)O. The van der Waals surface area contributed by atoms with E-state index < -0.39 is 6.09 Å². The summed E-state index contributed by atoms with van der Waals surface area (Å²) < 4.78 is 0. The molecule has 0 heterocycles. The van der Waals surface area contributed by atoms with Crippen LogP contribution in [0.4, 0.5) is 4.79 Å². The monoisotopic (exact) mass is 129 g/mol. The van der Waals surface area contributed by atoms with Crippen LogP contribution in [-0.4, -0.2) is 29.9 Å². The van der Waals surface area contributed by atoms with Gasteiger partial charge in [0.25, 0.3) is 0 Å². The van der Waals surface area contributed by atoms with Crippen molar-refractivity contribution in [3.05, 3.63) is 0 Å². The number of hydroxylamine groups is 2. The third kappa shape index (κ3) is 3.38. The molecule has 0 radical (unpaired) electrons. The van der Waals surface area contributed by atoms with Gasteiger partial charge in [-0.2, -0.15) is 5.06 Å². The third-order valence-electron chi connectivity index (χ3n) is 0.611. The van der Waals surface area contributed by atoms with Crippen molar-refractivity contribution in [3.63, 3.8) is 0 Å². The predicted octanol–water partition coefficient (Wildman–Crippen LogP) is 0.161. The Hall–Kier alpha value is -1.21. The summed E-state index contributed by atoms with van der Waals surface area (Å²) in [4.78, 5) is 14.4. The van der Waals surface area contributed by atoms with Gasteiger partial charge in [0.05, 0.1) is 0 Å². The third-order valence-corrected chi connectivity index (χ3v) is 0.611. The first-order valence-corrected chi connectivity index (χ1v) is 2.21. The number of terminal acetylenes is 1. The topological polar surface area (TPSA) is 49.8 Å². The van der Waals surface area contributed by atoms with E-state index in [4.69, 9.17) is 11.5 Å². The molecule has 0 atom stereocenters. The lowest BCUT2D eigenvalue weighted by Crippen LogP contribution is -2.24. The molecule has 1 N–H and O–H groups in total. The first-order valence-electron chi connectivity index (χ1n) is 2.21. The lowest BCUT2D eigenvalue weighted by Gasteiger charge is -2.08. The number of carbonyl (C=O) groups is 1. The zero-order valence-electron chi connectivity index (χ0n) is 5.00. The first-order chi connectivity index (χ1) is 4.18. The van der Waals surface area contributed by atoms with Crippen LogP contribution in [0.25, 0.3) is 0 Å². The van der Waals surface area contributed by atoms with Crippen molar-refractivity contribution in [2.75, 3.05) is 13.7 Å². The van der Waals surface area contributed by atoms with Crippen molar-refractivity contribution in [2.24, 2.45) is 0 Å². The predicted molar refractivity (Wildman–Crippen MR) is 30.6 cm³/mol. The number of hydrogen-bond donors (Lipinski definition) is 1. The Kier molecular flexibility index (Phi) is 3.25. The van der Waals surface area contributed by atoms with E-state index in [1.54, 1.807) is 0 Å². The average Bonchev–Trinajstić information content (AvgIpc) is 1.82. The molecule has 0 bridgehead atoms. The molecule has 0 aliphatic carbocycles. The highest BCUT2D eigenvalue weighted by Crippen LogP contribution is 1.83. The molecule has 0 rings (SSSR count). The molecule has 0 aliphatic rings. The second-order valence-electron chi connectivity index (χ2n) is 1.26. The van der Waals surface area contributed by atoms with E-state index in [0.717, 1.165) is 0 Å². The normalized spacial score (nSPS) is 8.00. The zero-order valence-corrected chi connectivity index (χ0v) is 5.00. The minimum Gasteiger partial charge on any atom is -0.463 e. The van der Waals surface area contributed by atoms with Crippen molar-refractivity contribution in [2.45, 2.75) is 0 Å². The summed E-state index contributed by atoms with van der Waals surface area (Å²) in [6.07, 6.45) is 3.62. The number of rotatable bonds is 2. The van der Waals surface area contributed by atoms with Crippen LogP contribution in [0.5, 0.6) is 0 Å². The number of hydrogen-bond acceptors (Lipinski definition) is 2. The van der Waals surface area contributed by atoms with Crippen LogP contribution in [0.2, 0.25) is 0 Å². The van der Waals surface area contributed by atoms with Crippen LogP contribution >= 0.6 is 0 Å². The molecule has 0 unspecified atom stereocenters. The number of amides is 1. The van der Waals surface area contributed by atoms with E-state index in [1.165, 1.54) is 7.05 Å². The summed E-state index contributed by atoms with van der Waals surface area (Å²) in [6.45, 7) is -0.0250. The number of nitrogens with zero attached hydrogens (tertiary/aromatic N) is 1. The van der Waals surface area contributed by atoms with E-state index in [0.29, 0.717) is 5.06 Å². The van der Waals surface area contributed by atoms with Crippen molar-refractivity contribution in [1.29, 1.82) is 0 Å². The minimum absolute atomic E-state index is 0.0250. The first kappa shape index (κ1) is 7.79. The lowest BCUT2D eigenvalue weighted by molar-refractivity contribution is -0.0977. The Morgan fingerprint density at radius 3 is 2.89 bits per heavy atom. The van der Waals surface area contributed by atoms with Crippen molar-refractivity contribution < 1.29 is 14.7 Å². The molecule has 50 valence electrons. The fourth-order valence-electron chi connectivity index (χ4n) is 0.189. The van der Waals surface area contributed by atoms with Crippen molar-refractivity contribution in [1.82, 2.24) is 5.06 Å². The summed E-state index contributed by atoms with van der Waals surface area (Å²) in [5, 5.41) is 8.79. The Bertz CT molecular complexity index is 138. The summed E-state index contributed by atoms with van der Waals surface area (Å²) in [6, 6.07) is 0. The Balaban J connectivity index is 3.41. The highest BCUT2D eigenvalue weighted by Gasteiger charge is 2.02. The van der Waals surface area contributed by atoms with Gasteiger partial charge in [0.2, 0.25) is 0 Å². The van der Waals surface area contributed by atoms with Crippen LogP contribution < -0.4 is 0 Å². The van der Waals surface area contributed by atoms with E-state index in [9.17, 15) is 4.79 Å². The van der Waals surface area contributed by atoms with Crippen molar-refractivity contribution in [3.8, 4) is 12.3 Å². The molecule has 4 heteroatoms. The summed E-state index contributed by atoms with van der Waals surface area (Å²) in [7, 11) is 1.26. The maximum Gasteiger partial charge on any atom is 0.431 e. The van der Waals surface area contributed by atoms with E-state index in [2.05, 4.69) is 10.8 Å². The summed E-state index contributed by atoms with van der Waals surface area (Å²) in [5.41, 5.74) is 0. The molecule has 0 aromatic heterocycles. The molecular formula is C5H7NO3. The van der Waals surface area contributed by atoms with Gasteiger partial charge in [-0.1, -0.05) is 5.92 Å². The van der Waals surface area contributed by atoms with Gasteiger partial charge in [0.1, 0.15) is 6.61 Å². The second kappa shape index (κ2) is 3.75. The quantitative estimate of drug-likeness (QED) is 0.427. The molecule has 0 aromatic rings. The maximum atomic E-state index is 9.94. The van der Waals surface area contributed by atoms with E-state index >= 15 is 0 Å². The Morgan fingerprint density at radius 1 is 2.00 bits per heavy atom. The fourth-order valence-corrected chi connectivity index (χ4v) is 0.189. The van der Waals surface area contributed by atoms with Crippen LogP contribution in [0.3, 0.4) is 0 Å². The summed E-state index contributed by atoms with van der Waals surface area (Å²) >= 11 is 0. The molecule has 0 spiro atoms. The Morgan fingerprint density at radius 2 is 2.56 bits per heavy atom. The Labute approximate surface area is 53.0 Å². The van der Waals surface area contributed by atoms with E-state index in [-0.39, 0.29) is 6.61 Å². The van der Waals surface area contributed by atoms with Crippen LogP contribution in [0.1, 0.15) is 0 Å². The highest BCUT2D eigenvalue weighted by molar-refractivity contribution is 5.62. The molecule has 9 heavy (non-hydrogen) atoms. The standard InChI is InChI=1S/C5H7NO3/c1-3-4-9-6(2)5(7)8/h1H,4H2,2H3,(H,7,8). The van der Waals surface area contributed by atoms with Crippen LogP contribution in [0, 0.1) is 12.3 Å². The molecule has 1 amide bonds. The zero-order chi connectivity index (χ0) is 7.28. The molecule has 0 aromatic carbocycles. The van der Waals surface area contributed by atoms with Gasteiger partial charge in [0, 0.05) is 7.05 Å². The van der Waals surface area contributed by atoms with Gasteiger partial charge in [-0.05, 0) is 0 Å². The maximum absolute atomic E-state index is 9.94. The smallest absolute Gasteiger partial charge is 0.431 e. The molecule has 0 aliphatic heterocycles. The summed E-state index contributed by atoms with van der Waals surface area (Å²) in [5.74, 6) is 2.13. The fraction of sp³-hybridized carbons (Fsp3) is 0.400. The van der Waals surface area contributed by atoms with Gasteiger partial charge in [-0.3, -0.25) is 4.84 Å². The van der Waals surface area contributed by atoms with Gasteiger partial charge >= 0.3 is 6.09 Å². The number of carboxylic acid groups (broad SMARTS) is 1. The molecule has 0 fully saturated rings. The molecule has 0 saturated carbocycles. The van der Waals surface area contributed by atoms with Crippen LogP contribution in [0.15, 0.2) is 0 Å². The van der Waals surface area contributed by atoms with E-state index in [1.807, 2.05) is 0 Å².